The SMILES string of the molecule is COc1cc(C2c3cc4c(cc3C(OC3OC5COC(C)OC5C(O)C3O)C3C2C(=O)OC3(O)O)OC(O)(O)O4)cc(OC)c1OP(=O)(O)O. The minimum absolute atomic E-state index is 0.0210. The van der Waals surface area contributed by atoms with Gasteiger partial charge in [0.05, 0.1) is 38.8 Å². The molecule has 0 saturated carbocycles. The predicted octanol–water partition coefficient (Wildman–Crippen LogP) is -1.62. The van der Waals surface area contributed by atoms with E-state index in [9.17, 15) is 49.8 Å². The van der Waals surface area contributed by atoms with Gasteiger partial charge in [-0.2, -0.15) is 0 Å². The Balaban J connectivity index is 1.39. The van der Waals surface area contributed by atoms with Crippen LogP contribution in [-0.2, 0) is 33.0 Å². The number of rotatable bonds is 7. The summed E-state index contributed by atoms with van der Waals surface area (Å²) >= 11 is 0. The van der Waals surface area contributed by atoms with E-state index in [4.69, 9.17) is 47.2 Å². The van der Waals surface area contributed by atoms with Crippen LogP contribution in [0.2, 0.25) is 0 Å². The first-order valence-electron chi connectivity index (χ1n) is 15.0. The molecule has 50 heavy (non-hydrogen) atoms. The van der Waals surface area contributed by atoms with Gasteiger partial charge in [-0.1, -0.05) is 0 Å². The third-order valence-corrected chi connectivity index (χ3v) is 9.54. The van der Waals surface area contributed by atoms with Crippen molar-refractivity contribution in [3.05, 3.63) is 41.0 Å². The molecule has 0 aromatic heterocycles. The number of fused-ring (bicyclic) bond motifs is 4. The molecule has 7 rings (SSSR count). The smallest absolute Gasteiger partial charge is 0.493 e. The lowest BCUT2D eigenvalue weighted by Gasteiger charge is -2.48. The zero-order valence-electron chi connectivity index (χ0n) is 26.2. The quantitative estimate of drug-likeness (QED) is 0.0902. The Hall–Kier alpha value is -3.34. The number of benzene rings is 2. The second kappa shape index (κ2) is 12.1. The molecular weight excluding hydrogens is 699 g/mol. The summed E-state index contributed by atoms with van der Waals surface area (Å²) < 4.78 is 65.7. The van der Waals surface area contributed by atoms with E-state index in [1.165, 1.54) is 38.5 Å². The van der Waals surface area contributed by atoms with Crippen LogP contribution in [0, 0.1) is 11.8 Å². The average Bonchev–Trinajstić information content (AvgIpc) is 3.46. The molecule has 3 fully saturated rings. The van der Waals surface area contributed by atoms with Crippen molar-refractivity contribution in [1.82, 2.24) is 0 Å². The summed E-state index contributed by atoms with van der Waals surface area (Å²) in [5.74, 6) is -10.4. The van der Waals surface area contributed by atoms with Crippen molar-refractivity contribution >= 4 is 13.8 Å². The maximum absolute atomic E-state index is 13.6. The highest BCUT2D eigenvalue weighted by Gasteiger charge is 2.65. The van der Waals surface area contributed by atoms with Crippen molar-refractivity contribution in [2.45, 2.75) is 68.1 Å². The molecule has 5 aliphatic rings. The van der Waals surface area contributed by atoms with Crippen molar-refractivity contribution in [2.24, 2.45) is 11.8 Å². The molecule has 10 unspecified atom stereocenters. The first kappa shape index (κ1) is 35.1. The molecule has 20 nitrogen and oxygen atoms in total. The van der Waals surface area contributed by atoms with Crippen LogP contribution in [0.3, 0.4) is 0 Å². The molecule has 2 aromatic rings. The lowest BCUT2D eigenvalue weighted by Crippen LogP contribution is -2.63. The topological polar surface area (TPSA) is 288 Å². The monoisotopic (exact) mass is 732 g/mol. The molecule has 8 N–H and O–H groups in total. The van der Waals surface area contributed by atoms with E-state index in [-0.39, 0.29) is 46.3 Å². The molecule has 10 atom stereocenters. The summed E-state index contributed by atoms with van der Waals surface area (Å²) in [6.07, 6.45) is -12.4. The van der Waals surface area contributed by atoms with Crippen molar-refractivity contribution < 1.29 is 96.9 Å². The fourth-order valence-electron chi connectivity index (χ4n) is 7.14. The van der Waals surface area contributed by atoms with Gasteiger partial charge in [-0.3, -0.25) is 24.8 Å². The van der Waals surface area contributed by atoms with E-state index >= 15 is 0 Å². The number of cyclic esters (lactones) is 1. The molecule has 0 amide bonds. The van der Waals surface area contributed by atoms with Crippen molar-refractivity contribution in [3.63, 3.8) is 0 Å². The predicted molar refractivity (Wildman–Crippen MR) is 154 cm³/mol. The highest BCUT2D eigenvalue weighted by molar-refractivity contribution is 7.46. The number of aliphatic hydroxyl groups excluding tert-OH is 2. The highest BCUT2D eigenvalue weighted by atomic mass is 31.2. The van der Waals surface area contributed by atoms with Crippen LogP contribution in [0.5, 0.6) is 28.7 Å². The maximum Gasteiger partial charge on any atom is 0.525 e. The lowest BCUT2D eigenvalue weighted by atomic mass is 9.65. The van der Waals surface area contributed by atoms with Crippen LogP contribution in [0.1, 0.15) is 35.6 Å². The van der Waals surface area contributed by atoms with Crippen molar-refractivity contribution in [3.8, 4) is 28.7 Å². The van der Waals surface area contributed by atoms with Gasteiger partial charge in [0, 0.05) is 5.92 Å². The highest BCUT2D eigenvalue weighted by Crippen LogP contribution is 2.60. The Morgan fingerprint density at radius 2 is 1.50 bits per heavy atom. The maximum atomic E-state index is 13.6. The van der Waals surface area contributed by atoms with Crippen molar-refractivity contribution in [2.75, 3.05) is 20.8 Å². The van der Waals surface area contributed by atoms with Crippen LogP contribution in [0.15, 0.2) is 24.3 Å². The normalized spacial score (nSPS) is 35.0. The van der Waals surface area contributed by atoms with Gasteiger partial charge in [0.1, 0.15) is 24.4 Å². The molecule has 0 spiro atoms. The van der Waals surface area contributed by atoms with Crippen LogP contribution in [0.4, 0.5) is 0 Å². The zero-order valence-corrected chi connectivity index (χ0v) is 27.1. The van der Waals surface area contributed by atoms with Gasteiger partial charge in [0.2, 0.25) is 5.75 Å². The summed E-state index contributed by atoms with van der Waals surface area (Å²) in [5, 5.41) is 64.6. The molecule has 2 aromatic carbocycles. The molecule has 3 saturated heterocycles. The number of carbonyl (C=O) groups excluding carboxylic acids is 1. The minimum Gasteiger partial charge on any atom is -0.493 e. The van der Waals surface area contributed by atoms with Gasteiger partial charge in [-0.15, -0.1) is 0 Å². The van der Waals surface area contributed by atoms with Crippen LogP contribution < -0.4 is 23.5 Å². The van der Waals surface area contributed by atoms with E-state index in [1.807, 2.05) is 0 Å². The molecule has 21 heteroatoms. The fourth-order valence-corrected chi connectivity index (χ4v) is 7.56. The second-order valence-corrected chi connectivity index (χ2v) is 13.4. The molecule has 0 radical (unpaired) electrons. The number of phosphoric acid groups is 1. The Morgan fingerprint density at radius 1 is 0.880 bits per heavy atom. The molecule has 1 aliphatic carbocycles. The summed E-state index contributed by atoms with van der Waals surface area (Å²) in [6, 6.07) is 4.99. The van der Waals surface area contributed by atoms with E-state index in [0.29, 0.717) is 0 Å². The minimum atomic E-state index is -5.14. The Kier molecular flexibility index (Phi) is 8.51. The van der Waals surface area contributed by atoms with E-state index in [1.54, 1.807) is 6.92 Å². The number of hydrogen-bond donors (Lipinski definition) is 8. The van der Waals surface area contributed by atoms with Crippen LogP contribution in [-0.4, -0.2) is 116 Å². The Bertz CT molecular complexity index is 1700. The molecule has 4 aliphatic heterocycles. The third kappa shape index (κ3) is 5.95. The van der Waals surface area contributed by atoms with E-state index in [0.717, 1.165) is 0 Å². The van der Waals surface area contributed by atoms with Gasteiger partial charge in [0.15, 0.2) is 35.6 Å². The zero-order chi connectivity index (χ0) is 36.1. The summed E-state index contributed by atoms with van der Waals surface area (Å²) in [7, 11) is -2.81. The summed E-state index contributed by atoms with van der Waals surface area (Å²) in [4.78, 5) is 32.6. The molecular formula is C29H33O20P. The first-order valence-corrected chi connectivity index (χ1v) is 16.6. The van der Waals surface area contributed by atoms with Crippen LogP contribution in [0.25, 0.3) is 0 Å². The Morgan fingerprint density at radius 3 is 2.10 bits per heavy atom. The van der Waals surface area contributed by atoms with Gasteiger partial charge in [-0.25, -0.2) is 4.57 Å². The average molecular weight is 733 g/mol. The second-order valence-electron chi connectivity index (χ2n) is 12.2. The number of aliphatic hydroxyl groups is 6. The third-order valence-electron chi connectivity index (χ3n) is 9.12. The van der Waals surface area contributed by atoms with Gasteiger partial charge in [-0.05, 0) is 47.9 Å². The molecule has 274 valence electrons. The summed E-state index contributed by atoms with van der Waals surface area (Å²) in [6.45, 7) is 1.53. The van der Waals surface area contributed by atoms with E-state index < -0.39 is 92.5 Å². The first-order chi connectivity index (χ1) is 23.4. The van der Waals surface area contributed by atoms with E-state index in [2.05, 4.69) is 0 Å². The number of methoxy groups -OCH3 is 2. The number of esters is 1. The Labute approximate surface area is 281 Å². The van der Waals surface area contributed by atoms with Gasteiger partial charge < -0.3 is 67.6 Å². The standard InChI is InChI=1S/C29H33O20P/c1-9-42-8-17-25(43-9)21(30)22(31)27(44-17)45-23-12-7-14-13(46-29(35,36)47-14)6-11(12)18(19-20(23)28(33,34)48-26(19)32)10-4-15(40-2)24(16(5-10)41-3)49-50(37,38)39/h4-7,9,17-23,25,27,30-31,33-36H,8H2,1-3H3,(H2,37,38,39). The summed E-state index contributed by atoms with van der Waals surface area (Å²) in [5.41, 5.74) is 0.269. The number of phosphoric ester groups is 1. The number of ether oxygens (including phenoxy) is 9. The molecule has 4 heterocycles. The number of hydrogen-bond acceptors (Lipinski definition) is 18. The van der Waals surface area contributed by atoms with Gasteiger partial charge >= 0.3 is 25.9 Å². The van der Waals surface area contributed by atoms with Crippen LogP contribution >= 0.6 is 7.82 Å². The lowest BCUT2D eigenvalue weighted by molar-refractivity contribution is -0.385. The van der Waals surface area contributed by atoms with Crippen molar-refractivity contribution in [1.29, 1.82) is 0 Å². The fraction of sp³-hybridized carbons (Fsp3) is 0.552. The molecule has 0 bridgehead atoms. The number of carbonyl (C=O) groups is 1. The van der Waals surface area contributed by atoms with Gasteiger partial charge in [0.25, 0.3) is 0 Å². The largest absolute Gasteiger partial charge is 0.525 e.